The molecule has 10 heteroatoms. The molecule has 0 bridgehead atoms. The molecule has 0 aliphatic carbocycles. The lowest BCUT2D eigenvalue weighted by atomic mass is 9.97. The molecule has 3 aromatic rings. The summed E-state index contributed by atoms with van der Waals surface area (Å²) < 4.78 is 47.0. The quantitative estimate of drug-likeness (QED) is 0.334. The van der Waals surface area contributed by atoms with Gasteiger partial charge in [-0.05, 0) is 60.2 Å². The number of hydrogen-bond acceptors (Lipinski definition) is 6. The van der Waals surface area contributed by atoms with Crippen LogP contribution in [0, 0.1) is 0 Å². The third-order valence-corrected chi connectivity index (χ3v) is 5.72. The standard InChI is InChI=1S/C25H17F3N2O5/c26-25(27,28)35-17-7-5-16(6-8-17)30-21(18-3-1-2-11-29-18)20(23(32)24(30)33)22(31)15-4-9-19-14(13-15)10-12-34-19/h1-9,11,13,21,31H,10,12H2/b22-20-. The molecule has 2 aliphatic heterocycles. The summed E-state index contributed by atoms with van der Waals surface area (Å²) >= 11 is 0. The van der Waals surface area contributed by atoms with Gasteiger partial charge >= 0.3 is 6.36 Å². The molecule has 7 nitrogen and oxygen atoms in total. The maximum absolute atomic E-state index is 13.1. The van der Waals surface area contributed by atoms with Crippen LogP contribution < -0.4 is 14.4 Å². The molecule has 0 saturated carbocycles. The summed E-state index contributed by atoms with van der Waals surface area (Å²) in [5.41, 5.74) is 1.45. The number of pyridine rings is 1. The van der Waals surface area contributed by atoms with Crippen LogP contribution in [0.25, 0.3) is 5.76 Å². The molecule has 2 aliphatic rings. The van der Waals surface area contributed by atoms with Crippen molar-refractivity contribution in [3.8, 4) is 11.5 Å². The van der Waals surface area contributed by atoms with Gasteiger partial charge in [-0.25, -0.2) is 0 Å². The van der Waals surface area contributed by atoms with Crippen LogP contribution in [0.4, 0.5) is 18.9 Å². The number of aliphatic hydroxyl groups is 1. The molecule has 5 rings (SSSR count). The van der Waals surface area contributed by atoms with Crippen LogP contribution in [0.5, 0.6) is 11.5 Å². The fourth-order valence-electron chi connectivity index (χ4n) is 4.21. The Hall–Kier alpha value is -4.34. The molecule has 0 spiro atoms. The number of hydrogen-bond donors (Lipinski definition) is 1. The Bertz CT molecular complexity index is 1340. The van der Waals surface area contributed by atoms with E-state index in [4.69, 9.17) is 4.74 Å². The highest BCUT2D eigenvalue weighted by Gasteiger charge is 2.47. The van der Waals surface area contributed by atoms with Crippen LogP contribution in [-0.4, -0.2) is 34.8 Å². The summed E-state index contributed by atoms with van der Waals surface area (Å²) in [4.78, 5) is 31.6. The van der Waals surface area contributed by atoms with Gasteiger partial charge in [0, 0.05) is 23.9 Å². The summed E-state index contributed by atoms with van der Waals surface area (Å²) in [5.74, 6) is -2.06. The highest BCUT2D eigenvalue weighted by atomic mass is 19.4. The molecule has 35 heavy (non-hydrogen) atoms. The maximum Gasteiger partial charge on any atom is 0.573 e. The molecule has 1 amide bonds. The van der Waals surface area contributed by atoms with Gasteiger partial charge in [-0.2, -0.15) is 0 Å². The Morgan fingerprint density at radius 2 is 1.86 bits per heavy atom. The lowest BCUT2D eigenvalue weighted by Gasteiger charge is -2.24. The van der Waals surface area contributed by atoms with Crippen molar-refractivity contribution in [2.75, 3.05) is 11.5 Å². The van der Waals surface area contributed by atoms with Gasteiger partial charge < -0.3 is 14.6 Å². The lowest BCUT2D eigenvalue weighted by Crippen LogP contribution is -2.29. The minimum atomic E-state index is -4.87. The maximum atomic E-state index is 13.1. The Morgan fingerprint density at radius 1 is 1.09 bits per heavy atom. The molecule has 2 aromatic carbocycles. The molecule has 178 valence electrons. The van der Waals surface area contributed by atoms with Crippen LogP contribution in [0.3, 0.4) is 0 Å². The SMILES string of the molecule is O=C1C(=O)N(c2ccc(OC(F)(F)F)cc2)C(c2ccccn2)/C1=C(/O)c1ccc2c(c1)CCO2. The normalized spacial score (nSPS) is 18.9. The number of halogens is 3. The first-order valence-electron chi connectivity index (χ1n) is 10.6. The topological polar surface area (TPSA) is 89.0 Å². The molecule has 0 radical (unpaired) electrons. The average molecular weight is 482 g/mol. The molecule has 1 fully saturated rings. The van der Waals surface area contributed by atoms with E-state index in [1.165, 1.54) is 18.3 Å². The summed E-state index contributed by atoms with van der Waals surface area (Å²) in [6, 6.07) is 13.3. The number of alkyl halides is 3. The number of ether oxygens (including phenoxy) is 2. The van der Waals surface area contributed by atoms with Crippen LogP contribution in [0.2, 0.25) is 0 Å². The smallest absolute Gasteiger partial charge is 0.507 e. The second kappa shape index (κ2) is 8.46. The Labute approximate surface area is 197 Å². The van der Waals surface area contributed by atoms with E-state index < -0.39 is 29.8 Å². The van der Waals surface area contributed by atoms with Crippen molar-refractivity contribution >= 4 is 23.1 Å². The largest absolute Gasteiger partial charge is 0.573 e. The van der Waals surface area contributed by atoms with Crippen molar-refractivity contribution in [1.82, 2.24) is 4.98 Å². The van der Waals surface area contributed by atoms with Gasteiger partial charge in [0.15, 0.2) is 0 Å². The van der Waals surface area contributed by atoms with Crippen molar-refractivity contribution in [3.63, 3.8) is 0 Å². The van der Waals surface area contributed by atoms with Crippen molar-refractivity contribution < 1.29 is 37.3 Å². The molecule has 1 aromatic heterocycles. The van der Waals surface area contributed by atoms with Crippen LogP contribution in [0.15, 0.2) is 72.4 Å². The van der Waals surface area contributed by atoms with Gasteiger partial charge in [0.1, 0.15) is 23.3 Å². The van der Waals surface area contributed by atoms with E-state index in [0.29, 0.717) is 30.0 Å². The number of nitrogens with zero attached hydrogens (tertiary/aromatic N) is 2. The predicted octanol–water partition coefficient (Wildman–Crippen LogP) is 4.54. The first-order valence-corrected chi connectivity index (χ1v) is 10.6. The third-order valence-electron chi connectivity index (χ3n) is 5.72. The van der Waals surface area contributed by atoms with Crippen LogP contribution in [0.1, 0.15) is 22.9 Å². The number of fused-ring (bicyclic) bond motifs is 1. The number of carbonyl (C=O) groups excluding carboxylic acids is 2. The van der Waals surface area contributed by atoms with E-state index >= 15 is 0 Å². The van der Waals surface area contributed by atoms with E-state index in [1.54, 1.807) is 36.4 Å². The number of Topliss-reactive ketones (excluding diaryl/α,β-unsaturated/α-hetero) is 1. The van der Waals surface area contributed by atoms with Crippen molar-refractivity contribution in [2.45, 2.75) is 18.8 Å². The Kier molecular flexibility index (Phi) is 5.43. The van der Waals surface area contributed by atoms with Crippen molar-refractivity contribution in [2.24, 2.45) is 0 Å². The number of anilines is 1. The first kappa shape index (κ1) is 22.5. The molecule has 1 unspecified atom stereocenters. The van der Waals surface area contributed by atoms with Gasteiger partial charge in [-0.1, -0.05) is 6.07 Å². The second-order valence-corrected chi connectivity index (χ2v) is 7.89. The molecule has 1 atom stereocenters. The molecule has 1 saturated heterocycles. The summed E-state index contributed by atoms with van der Waals surface area (Å²) in [6.07, 6.45) is -2.76. The third kappa shape index (κ3) is 4.18. The van der Waals surface area contributed by atoms with E-state index in [1.807, 2.05) is 0 Å². The Balaban J connectivity index is 1.61. The second-order valence-electron chi connectivity index (χ2n) is 7.89. The zero-order valence-electron chi connectivity index (χ0n) is 18.0. The van der Waals surface area contributed by atoms with E-state index in [-0.39, 0.29) is 17.0 Å². The summed E-state index contributed by atoms with van der Waals surface area (Å²) in [5, 5.41) is 11.2. The van der Waals surface area contributed by atoms with E-state index in [2.05, 4.69) is 9.72 Å². The first-order chi connectivity index (χ1) is 16.7. The number of rotatable bonds is 4. The number of amides is 1. The van der Waals surface area contributed by atoms with Gasteiger partial charge in [0.25, 0.3) is 11.7 Å². The van der Waals surface area contributed by atoms with Crippen molar-refractivity contribution in [1.29, 1.82) is 0 Å². The number of aliphatic hydroxyl groups excluding tert-OH is 1. The monoisotopic (exact) mass is 482 g/mol. The lowest BCUT2D eigenvalue weighted by molar-refractivity contribution is -0.274. The molecular weight excluding hydrogens is 465 g/mol. The number of benzene rings is 2. The predicted molar refractivity (Wildman–Crippen MR) is 118 cm³/mol. The number of aromatic nitrogens is 1. The highest BCUT2D eigenvalue weighted by Crippen LogP contribution is 2.42. The fraction of sp³-hybridized carbons (Fsp3) is 0.160. The number of ketones is 1. The highest BCUT2D eigenvalue weighted by molar-refractivity contribution is 6.51. The average Bonchev–Trinajstić information content (AvgIpc) is 3.41. The number of carbonyl (C=O) groups is 2. The van der Waals surface area contributed by atoms with Gasteiger partial charge in [0.2, 0.25) is 0 Å². The minimum Gasteiger partial charge on any atom is -0.507 e. The zero-order chi connectivity index (χ0) is 24.7. The minimum absolute atomic E-state index is 0.138. The summed E-state index contributed by atoms with van der Waals surface area (Å²) in [6.45, 7) is 0.506. The molecule has 1 N–H and O–H groups in total. The van der Waals surface area contributed by atoms with E-state index in [0.717, 1.165) is 22.6 Å². The van der Waals surface area contributed by atoms with Gasteiger partial charge in [-0.3, -0.25) is 19.5 Å². The van der Waals surface area contributed by atoms with Gasteiger partial charge in [-0.15, -0.1) is 13.2 Å². The fourth-order valence-corrected chi connectivity index (χ4v) is 4.21. The Morgan fingerprint density at radius 3 is 2.54 bits per heavy atom. The van der Waals surface area contributed by atoms with Crippen LogP contribution in [-0.2, 0) is 16.0 Å². The van der Waals surface area contributed by atoms with Crippen LogP contribution >= 0.6 is 0 Å². The van der Waals surface area contributed by atoms with Gasteiger partial charge in [0.05, 0.1) is 17.9 Å². The van der Waals surface area contributed by atoms with E-state index in [9.17, 15) is 27.9 Å². The molecular formula is C25H17F3N2O5. The summed E-state index contributed by atoms with van der Waals surface area (Å²) in [7, 11) is 0. The van der Waals surface area contributed by atoms with Crippen molar-refractivity contribution in [3.05, 3.63) is 89.3 Å². The zero-order valence-corrected chi connectivity index (χ0v) is 18.0. The molecule has 3 heterocycles.